The minimum Gasteiger partial charge on any atom is -0.461 e. The molecule has 2 heterocycles. The van der Waals surface area contributed by atoms with Crippen LogP contribution in [0.1, 0.15) is 97.0 Å². The van der Waals surface area contributed by atoms with Crippen molar-refractivity contribution < 1.29 is 14.3 Å². The maximum Gasteiger partial charge on any atom is 0.198 e. The Labute approximate surface area is 328 Å². The Morgan fingerprint density at radius 1 is 0.536 bits per heavy atom. The lowest BCUT2D eigenvalue weighted by molar-refractivity contribution is 0.0987. The summed E-state index contributed by atoms with van der Waals surface area (Å²) in [5, 5.41) is 1.88. The van der Waals surface area contributed by atoms with Gasteiger partial charge in [0.2, 0.25) is 0 Å². The number of carbonyl (C=O) groups is 2. The summed E-state index contributed by atoms with van der Waals surface area (Å²) in [7, 11) is 0. The van der Waals surface area contributed by atoms with E-state index in [2.05, 4.69) is 138 Å². The summed E-state index contributed by atoms with van der Waals surface area (Å²) in [6, 6.07) is 42.5. The molecule has 0 saturated carbocycles. The summed E-state index contributed by atoms with van der Waals surface area (Å²) in [5.41, 5.74) is 12.8. The van der Waals surface area contributed by atoms with E-state index in [9.17, 15) is 9.59 Å². The molecule has 4 nitrogen and oxygen atoms in total. The van der Waals surface area contributed by atoms with Crippen molar-refractivity contribution in [2.45, 2.75) is 59.3 Å². The average molecular weight is 730 g/mol. The van der Waals surface area contributed by atoms with Gasteiger partial charge in [-0.3, -0.25) is 9.59 Å². The van der Waals surface area contributed by atoms with Crippen LogP contribution in [0.25, 0.3) is 27.7 Å². The van der Waals surface area contributed by atoms with Gasteiger partial charge in [-0.15, -0.1) is 0 Å². The molecule has 6 aromatic carbocycles. The third-order valence-electron chi connectivity index (χ3n) is 12.5. The topological polar surface area (TPSA) is 46.6 Å². The quantitative estimate of drug-likeness (QED) is 0.131. The molecule has 4 aliphatic rings. The van der Waals surface area contributed by atoms with Crippen molar-refractivity contribution in [3.63, 3.8) is 0 Å². The second-order valence-corrected chi connectivity index (χ2v) is 17.7. The van der Waals surface area contributed by atoms with Gasteiger partial charge in [0.1, 0.15) is 11.5 Å². The number of para-hydroxylation sites is 2. The molecule has 2 aliphatic heterocycles. The molecule has 0 N–H and O–H groups in total. The highest BCUT2D eigenvalue weighted by Crippen LogP contribution is 2.58. The van der Waals surface area contributed by atoms with Gasteiger partial charge in [0.15, 0.2) is 11.6 Å². The molecule has 0 saturated heterocycles. The van der Waals surface area contributed by atoms with Gasteiger partial charge in [-0.25, -0.2) is 0 Å². The van der Waals surface area contributed by atoms with Crippen LogP contribution in [0.15, 0.2) is 150 Å². The molecule has 0 bridgehead atoms. The van der Waals surface area contributed by atoms with Gasteiger partial charge < -0.3 is 9.64 Å². The summed E-state index contributed by atoms with van der Waals surface area (Å²) in [6.45, 7) is 15.6. The first-order valence-corrected chi connectivity index (χ1v) is 19.5. The lowest BCUT2D eigenvalue weighted by Crippen LogP contribution is -2.31. The van der Waals surface area contributed by atoms with Crippen LogP contribution in [0.4, 0.5) is 17.1 Å². The Kier molecular flexibility index (Phi) is 7.11. The maximum atomic E-state index is 14.1. The molecule has 4 heteroatoms. The standard InChI is InChI=1S/C52H43NO3/c1-50(2,3)46-27-33(47-48(54)37-23-30-15-11-12-16-31(30)24-38(37)49(47)55)26-45(56-46)32-21-22-35-36-28-42-44(29-41(36)52(6,7)40(35)25-32)53(34-17-9-8-10-18-34)43-20-14-13-19-39(43)51(42,4)5/h8-29H,1-7H3. The Balaban J connectivity index is 1.11. The molecule has 56 heavy (non-hydrogen) atoms. The fourth-order valence-corrected chi connectivity index (χ4v) is 9.34. The third-order valence-corrected chi connectivity index (χ3v) is 12.5. The normalized spacial score (nSPS) is 17.4. The zero-order valence-corrected chi connectivity index (χ0v) is 32.9. The van der Waals surface area contributed by atoms with Crippen LogP contribution in [-0.4, -0.2) is 11.6 Å². The van der Waals surface area contributed by atoms with Gasteiger partial charge in [-0.05, 0) is 110 Å². The lowest BCUT2D eigenvalue weighted by Gasteiger charge is -2.42. The van der Waals surface area contributed by atoms with Gasteiger partial charge in [0.25, 0.3) is 0 Å². The van der Waals surface area contributed by atoms with Crippen molar-refractivity contribution in [2.75, 3.05) is 4.90 Å². The number of rotatable bonds is 2. The first kappa shape index (κ1) is 34.2. The highest BCUT2D eigenvalue weighted by atomic mass is 16.5. The number of ether oxygens (including phenoxy) is 1. The molecule has 2 aliphatic carbocycles. The minimum absolute atomic E-state index is 0.198. The largest absolute Gasteiger partial charge is 0.461 e. The molecule has 0 aromatic heterocycles. The molecule has 10 rings (SSSR count). The molecule has 0 atom stereocenters. The van der Waals surface area contributed by atoms with Crippen LogP contribution in [0.2, 0.25) is 0 Å². The van der Waals surface area contributed by atoms with E-state index in [4.69, 9.17) is 4.74 Å². The summed E-state index contributed by atoms with van der Waals surface area (Å²) < 4.78 is 6.71. The SMILES string of the molecule is CC(C)(C)C1=CC(=C2C(=O)c3cc4ccccc4cc3C2=O)C=C(c2ccc3c(c2)C(C)(C)c2cc4c(cc2-3)C(C)(C)c2ccccc2N4c2ccccc2)O1. The second kappa shape index (κ2) is 11.6. The molecule has 0 spiro atoms. The number of nitrogens with zero attached hydrogens (tertiary/aromatic N) is 1. The number of allylic oxidation sites excluding steroid dienone is 5. The van der Waals surface area contributed by atoms with E-state index >= 15 is 0 Å². The maximum absolute atomic E-state index is 14.1. The Morgan fingerprint density at radius 3 is 1.82 bits per heavy atom. The van der Waals surface area contributed by atoms with Crippen molar-refractivity contribution in [3.8, 4) is 11.1 Å². The predicted molar refractivity (Wildman–Crippen MR) is 227 cm³/mol. The molecule has 0 fully saturated rings. The number of benzene rings is 6. The van der Waals surface area contributed by atoms with Gasteiger partial charge in [-0.1, -0.05) is 121 Å². The fourth-order valence-electron chi connectivity index (χ4n) is 9.34. The molecule has 0 amide bonds. The number of Topliss-reactive ketones (excluding diaryl/α,β-unsaturated/α-hetero) is 2. The molecular weight excluding hydrogens is 687 g/mol. The minimum atomic E-state index is -0.377. The van der Waals surface area contributed by atoms with Crippen molar-refractivity contribution in [1.29, 1.82) is 0 Å². The number of hydrogen-bond acceptors (Lipinski definition) is 4. The van der Waals surface area contributed by atoms with Gasteiger partial charge in [0, 0.05) is 38.6 Å². The molecule has 0 radical (unpaired) electrons. The predicted octanol–water partition coefficient (Wildman–Crippen LogP) is 12.9. The van der Waals surface area contributed by atoms with E-state index in [1.54, 1.807) is 0 Å². The van der Waals surface area contributed by atoms with E-state index in [0.29, 0.717) is 28.2 Å². The van der Waals surface area contributed by atoms with Crippen molar-refractivity contribution in [3.05, 3.63) is 189 Å². The summed E-state index contributed by atoms with van der Waals surface area (Å²) in [4.78, 5) is 30.6. The fraction of sp³-hybridized carbons (Fsp3) is 0.192. The Hall–Kier alpha value is -6.26. The number of fused-ring (bicyclic) bond motifs is 7. The molecule has 0 unspecified atom stereocenters. The monoisotopic (exact) mass is 729 g/mol. The smallest absolute Gasteiger partial charge is 0.198 e. The molecule has 274 valence electrons. The van der Waals surface area contributed by atoms with Crippen LogP contribution in [-0.2, 0) is 15.6 Å². The zero-order valence-electron chi connectivity index (χ0n) is 32.9. The number of anilines is 3. The van der Waals surface area contributed by atoms with Crippen LogP contribution in [0.3, 0.4) is 0 Å². The number of carbonyl (C=O) groups excluding carboxylic acids is 2. The van der Waals surface area contributed by atoms with Crippen LogP contribution in [0.5, 0.6) is 0 Å². The Bertz CT molecular complexity index is 2780. The first-order valence-electron chi connectivity index (χ1n) is 19.5. The van der Waals surface area contributed by atoms with E-state index < -0.39 is 0 Å². The van der Waals surface area contributed by atoms with Gasteiger partial charge in [0.05, 0.1) is 16.9 Å². The third kappa shape index (κ3) is 4.84. The van der Waals surface area contributed by atoms with Gasteiger partial charge >= 0.3 is 0 Å². The second-order valence-electron chi connectivity index (χ2n) is 17.7. The van der Waals surface area contributed by atoms with Gasteiger partial charge in [-0.2, -0.15) is 0 Å². The van der Waals surface area contributed by atoms with Crippen molar-refractivity contribution in [1.82, 2.24) is 0 Å². The Morgan fingerprint density at radius 2 is 1.14 bits per heavy atom. The van der Waals surface area contributed by atoms with Crippen LogP contribution >= 0.6 is 0 Å². The van der Waals surface area contributed by atoms with E-state index in [1.807, 2.05) is 48.6 Å². The van der Waals surface area contributed by atoms with E-state index in [0.717, 1.165) is 22.0 Å². The highest BCUT2D eigenvalue weighted by molar-refractivity contribution is 6.41. The number of hydrogen-bond donors (Lipinski definition) is 0. The summed E-state index contributed by atoms with van der Waals surface area (Å²) in [5.74, 6) is 0.855. The van der Waals surface area contributed by atoms with Crippen LogP contribution in [0, 0.1) is 5.41 Å². The number of ketones is 2. The van der Waals surface area contributed by atoms with E-state index in [-0.39, 0.29) is 33.4 Å². The first-order chi connectivity index (χ1) is 26.7. The van der Waals surface area contributed by atoms with E-state index in [1.165, 1.54) is 44.8 Å². The summed E-state index contributed by atoms with van der Waals surface area (Å²) >= 11 is 0. The summed E-state index contributed by atoms with van der Waals surface area (Å²) in [6.07, 6.45) is 3.77. The zero-order chi connectivity index (χ0) is 38.9. The average Bonchev–Trinajstić information content (AvgIpc) is 3.56. The highest BCUT2D eigenvalue weighted by Gasteiger charge is 2.43. The van der Waals surface area contributed by atoms with Crippen molar-refractivity contribution in [2.24, 2.45) is 5.41 Å². The molecule has 6 aromatic rings. The lowest BCUT2D eigenvalue weighted by atomic mass is 9.72. The van der Waals surface area contributed by atoms with Crippen LogP contribution < -0.4 is 4.90 Å². The van der Waals surface area contributed by atoms with Crippen molar-refractivity contribution >= 4 is 45.2 Å². The molecular formula is C52H43NO3.